The van der Waals surface area contributed by atoms with Gasteiger partial charge < -0.3 is 5.73 Å². The Bertz CT molecular complexity index is 832. The molecule has 0 radical (unpaired) electrons. The number of amides is 1. The van der Waals surface area contributed by atoms with E-state index in [9.17, 15) is 13.2 Å². The molecule has 0 aliphatic heterocycles. The Morgan fingerprint density at radius 2 is 1.60 bits per heavy atom. The van der Waals surface area contributed by atoms with E-state index in [4.69, 9.17) is 5.73 Å². The Kier molecular flexibility index (Phi) is 6.82. The van der Waals surface area contributed by atoms with Crippen LogP contribution in [0.15, 0.2) is 41.3 Å². The molecule has 0 aliphatic rings. The third kappa shape index (κ3) is 5.19. The molecule has 136 valence electrons. The van der Waals surface area contributed by atoms with Crippen LogP contribution in [0.25, 0.3) is 10.8 Å². The van der Waals surface area contributed by atoms with E-state index in [0.717, 1.165) is 19.3 Å². The fourth-order valence-electron chi connectivity index (χ4n) is 2.85. The molecule has 25 heavy (non-hydrogen) atoms. The minimum atomic E-state index is -3.91. The molecule has 0 unspecified atom stereocenters. The zero-order valence-corrected chi connectivity index (χ0v) is 15.4. The molecule has 6 heteroatoms. The van der Waals surface area contributed by atoms with Crippen molar-refractivity contribution in [2.75, 3.05) is 5.73 Å². The maximum absolute atomic E-state index is 12.6. The van der Waals surface area contributed by atoms with E-state index >= 15 is 0 Å². The van der Waals surface area contributed by atoms with Crippen LogP contribution in [0.4, 0.5) is 5.69 Å². The lowest BCUT2D eigenvalue weighted by Gasteiger charge is -2.11. The smallest absolute Gasteiger partial charge is 0.264 e. The van der Waals surface area contributed by atoms with E-state index < -0.39 is 15.9 Å². The first-order valence-corrected chi connectivity index (χ1v) is 10.3. The number of carbonyl (C=O) groups excluding carboxylic acids is 1. The Hall–Kier alpha value is -2.08. The molecule has 0 fully saturated rings. The van der Waals surface area contributed by atoms with Crippen molar-refractivity contribution in [1.82, 2.24) is 4.72 Å². The molecule has 0 saturated carbocycles. The summed E-state index contributed by atoms with van der Waals surface area (Å²) in [5.74, 6) is -0.462. The summed E-state index contributed by atoms with van der Waals surface area (Å²) in [6.07, 6.45) is 6.48. The van der Waals surface area contributed by atoms with Gasteiger partial charge in [0, 0.05) is 22.9 Å². The van der Waals surface area contributed by atoms with E-state index in [0.29, 0.717) is 22.9 Å². The van der Waals surface area contributed by atoms with Crippen LogP contribution < -0.4 is 10.5 Å². The monoisotopic (exact) mass is 362 g/mol. The Morgan fingerprint density at radius 1 is 0.960 bits per heavy atom. The second kappa shape index (κ2) is 8.85. The van der Waals surface area contributed by atoms with Crippen molar-refractivity contribution >= 4 is 32.4 Å². The Morgan fingerprint density at radius 3 is 2.32 bits per heavy atom. The van der Waals surface area contributed by atoms with Crippen LogP contribution in [0.5, 0.6) is 0 Å². The van der Waals surface area contributed by atoms with Gasteiger partial charge in [-0.25, -0.2) is 13.1 Å². The average Bonchev–Trinajstić information content (AvgIpc) is 2.58. The minimum absolute atomic E-state index is 0.0774. The van der Waals surface area contributed by atoms with Crippen molar-refractivity contribution in [2.24, 2.45) is 0 Å². The lowest BCUT2D eigenvalue weighted by molar-refractivity contribution is -0.119. The third-order valence-electron chi connectivity index (χ3n) is 4.21. The second-order valence-electron chi connectivity index (χ2n) is 6.24. The number of hydrogen-bond acceptors (Lipinski definition) is 4. The zero-order chi connectivity index (χ0) is 18.3. The number of rotatable bonds is 9. The first-order chi connectivity index (χ1) is 12.0. The topological polar surface area (TPSA) is 89.3 Å². The number of benzene rings is 2. The fourth-order valence-corrected chi connectivity index (χ4v) is 4.08. The molecule has 0 saturated heterocycles. The number of nitrogens with one attached hydrogen (secondary N) is 1. The molecular weight excluding hydrogens is 336 g/mol. The van der Waals surface area contributed by atoms with E-state index in [1.807, 2.05) is 0 Å². The molecule has 0 aromatic heterocycles. The highest BCUT2D eigenvalue weighted by Crippen LogP contribution is 2.27. The Balaban J connectivity index is 2.02. The normalized spacial score (nSPS) is 11.6. The van der Waals surface area contributed by atoms with Crippen LogP contribution in [0.3, 0.4) is 0 Å². The molecule has 2 aromatic rings. The van der Waals surface area contributed by atoms with E-state index in [-0.39, 0.29) is 11.3 Å². The van der Waals surface area contributed by atoms with Crippen molar-refractivity contribution in [1.29, 1.82) is 0 Å². The lowest BCUT2D eigenvalue weighted by atomic mass is 10.1. The molecule has 1 amide bonds. The van der Waals surface area contributed by atoms with Crippen molar-refractivity contribution in [3.63, 3.8) is 0 Å². The molecule has 2 rings (SSSR count). The average molecular weight is 362 g/mol. The summed E-state index contributed by atoms with van der Waals surface area (Å²) in [7, 11) is -3.91. The quantitative estimate of drug-likeness (QED) is 0.521. The molecule has 0 spiro atoms. The lowest BCUT2D eigenvalue weighted by Crippen LogP contribution is -2.30. The molecule has 0 aliphatic carbocycles. The van der Waals surface area contributed by atoms with Gasteiger partial charge in [-0.15, -0.1) is 0 Å². The standard InChI is InChI=1S/C19H26N2O3S/c1-2-3-4-5-6-7-12-19(22)21-25(23,24)18-14-13-17(20)15-10-8-9-11-16(15)18/h8-11,13-14H,2-7,12,20H2,1H3,(H,21,22). The molecule has 5 nitrogen and oxygen atoms in total. The summed E-state index contributed by atoms with van der Waals surface area (Å²) in [5, 5.41) is 1.18. The summed E-state index contributed by atoms with van der Waals surface area (Å²) < 4.78 is 27.3. The van der Waals surface area contributed by atoms with Crippen molar-refractivity contribution < 1.29 is 13.2 Å². The van der Waals surface area contributed by atoms with Gasteiger partial charge >= 0.3 is 0 Å². The van der Waals surface area contributed by atoms with Gasteiger partial charge in [0.05, 0.1) is 4.90 Å². The van der Waals surface area contributed by atoms with Gasteiger partial charge in [-0.05, 0) is 18.6 Å². The third-order valence-corrected chi connectivity index (χ3v) is 5.64. The highest BCUT2D eigenvalue weighted by molar-refractivity contribution is 7.90. The van der Waals surface area contributed by atoms with Gasteiger partial charge in [-0.3, -0.25) is 4.79 Å². The van der Waals surface area contributed by atoms with Crippen LogP contribution in [0.2, 0.25) is 0 Å². The zero-order valence-electron chi connectivity index (χ0n) is 14.6. The van der Waals surface area contributed by atoms with E-state index in [1.54, 1.807) is 30.3 Å². The van der Waals surface area contributed by atoms with Crippen LogP contribution in [-0.4, -0.2) is 14.3 Å². The molecule has 0 bridgehead atoms. The predicted octanol–water partition coefficient (Wildman–Crippen LogP) is 3.98. The van der Waals surface area contributed by atoms with Crippen LogP contribution in [0.1, 0.15) is 51.9 Å². The predicted molar refractivity (Wildman–Crippen MR) is 102 cm³/mol. The number of fused-ring (bicyclic) bond motifs is 1. The number of hydrogen-bond donors (Lipinski definition) is 2. The van der Waals surface area contributed by atoms with Crippen molar-refractivity contribution in [2.45, 2.75) is 56.8 Å². The molecule has 0 heterocycles. The van der Waals surface area contributed by atoms with Crippen molar-refractivity contribution in [3.05, 3.63) is 36.4 Å². The van der Waals surface area contributed by atoms with Gasteiger partial charge in [0.25, 0.3) is 10.0 Å². The summed E-state index contributed by atoms with van der Waals surface area (Å²) in [5.41, 5.74) is 6.41. The second-order valence-corrected chi connectivity index (χ2v) is 7.90. The first-order valence-electron chi connectivity index (χ1n) is 8.78. The Labute approximate surface area is 149 Å². The van der Waals surface area contributed by atoms with Gasteiger partial charge in [0.15, 0.2) is 0 Å². The number of carbonyl (C=O) groups is 1. The highest BCUT2D eigenvalue weighted by atomic mass is 32.2. The van der Waals surface area contributed by atoms with Crippen molar-refractivity contribution in [3.8, 4) is 0 Å². The molecular formula is C19H26N2O3S. The van der Waals surface area contributed by atoms with Crippen LogP contribution in [-0.2, 0) is 14.8 Å². The highest BCUT2D eigenvalue weighted by Gasteiger charge is 2.20. The number of anilines is 1. The maximum Gasteiger partial charge on any atom is 0.264 e. The number of nitrogens with two attached hydrogens (primary N) is 1. The summed E-state index contributed by atoms with van der Waals surface area (Å²) in [6, 6.07) is 10.00. The number of nitrogen functional groups attached to an aromatic ring is 1. The van der Waals surface area contributed by atoms with Gasteiger partial charge in [-0.2, -0.15) is 0 Å². The molecule has 0 atom stereocenters. The molecule has 2 aromatic carbocycles. The number of unbranched alkanes of at least 4 members (excludes halogenated alkanes) is 5. The van der Waals surface area contributed by atoms with E-state index in [2.05, 4.69) is 11.6 Å². The maximum atomic E-state index is 12.6. The van der Waals surface area contributed by atoms with Gasteiger partial charge in [0.1, 0.15) is 0 Å². The van der Waals surface area contributed by atoms with E-state index in [1.165, 1.54) is 18.9 Å². The van der Waals surface area contributed by atoms with Crippen LogP contribution >= 0.6 is 0 Å². The summed E-state index contributed by atoms with van der Waals surface area (Å²) >= 11 is 0. The summed E-state index contributed by atoms with van der Waals surface area (Å²) in [6.45, 7) is 2.15. The minimum Gasteiger partial charge on any atom is -0.398 e. The van der Waals surface area contributed by atoms with Crippen LogP contribution in [0, 0.1) is 0 Å². The SMILES string of the molecule is CCCCCCCCC(=O)NS(=O)(=O)c1ccc(N)c2ccccc12. The first kappa shape index (κ1) is 19.2. The fraction of sp³-hybridized carbons (Fsp3) is 0.421. The van der Waals surface area contributed by atoms with Gasteiger partial charge in [0.2, 0.25) is 5.91 Å². The largest absolute Gasteiger partial charge is 0.398 e. The number of sulfonamides is 1. The van der Waals surface area contributed by atoms with Gasteiger partial charge in [-0.1, -0.05) is 63.3 Å². The molecule has 3 N–H and O–H groups in total. The summed E-state index contributed by atoms with van der Waals surface area (Å²) in [4.78, 5) is 12.1.